The number of hydrogen-bond acceptors (Lipinski definition) is 4. The molecule has 2 aliphatic heterocycles. The molecule has 0 saturated carbocycles. The topological polar surface area (TPSA) is 60.9 Å². The van der Waals surface area contributed by atoms with Gasteiger partial charge in [0.2, 0.25) is 0 Å². The third kappa shape index (κ3) is 7.36. The van der Waals surface area contributed by atoms with Gasteiger partial charge >= 0.3 is 6.18 Å². The van der Waals surface area contributed by atoms with E-state index < -0.39 is 12.7 Å². The molecule has 0 aliphatic carbocycles. The quantitative estimate of drug-likeness (QED) is 0.449. The smallest absolute Gasteiger partial charge is 0.381 e. The Hall–Kier alpha value is -1.84. The Balaban J connectivity index is 1.55. The van der Waals surface area contributed by atoms with Crippen molar-refractivity contribution >= 4 is 5.96 Å². The molecule has 174 valence electrons. The third-order valence-corrected chi connectivity index (χ3v) is 6.11. The van der Waals surface area contributed by atoms with E-state index in [0.29, 0.717) is 45.2 Å². The minimum absolute atomic E-state index is 0.0459. The molecule has 0 bridgehead atoms. The van der Waals surface area contributed by atoms with Crippen molar-refractivity contribution in [1.82, 2.24) is 20.9 Å². The monoisotopic (exact) mass is 441 g/mol. The van der Waals surface area contributed by atoms with Crippen molar-refractivity contribution in [2.24, 2.45) is 4.99 Å². The number of benzene rings is 1. The lowest BCUT2D eigenvalue weighted by molar-refractivity contribution is -0.143. The lowest BCUT2D eigenvalue weighted by Crippen LogP contribution is -2.59. The van der Waals surface area contributed by atoms with Crippen molar-refractivity contribution < 1.29 is 17.9 Å². The van der Waals surface area contributed by atoms with Crippen LogP contribution in [0.4, 0.5) is 13.2 Å². The van der Waals surface area contributed by atoms with E-state index in [9.17, 15) is 13.2 Å². The Morgan fingerprint density at radius 1 is 1.26 bits per heavy atom. The summed E-state index contributed by atoms with van der Waals surface area (Å²) < 4.78 is 43.5. The minimum atomic E-state index is -4.16. The fourth-order valence-corrected chi connectivity index (χ4v) is 4.41. The zero-order valence-corrected chi connectivity index (χ0v) is 18.3. The molecular formula is C22H34F3N5O. The lowest BCUT2D eigenvalue weighted by atomic mass is 9.88. The van der Waals surface area contributed by atoms with Gasteiger partial charge in [-0.1, -0.05) is 30.3 Å². The Morgan fingerprint density at radius 2 is 1.97 bits per heavy atom. The van der Waals surface area contributed by atoms with Crippen LogP contribution in [0, 0.1) is 0 Å². The van der Waals surface area contributed by atoms with Crippen LogP contribution < -0.4 is 16.0 Å². The third-order valence-electron chi connectivity index (χ3n) is 6.11. The highest BCUT2D eigenvalue weighted by Gasteiger charge is 2.36. The van der Waals surface area contributed by atoms with Gasteiger partial charge in [-0.05, 0) is 31.7 Å². The summed E-state index contributed by atoms with van der Waals surface area (Å²) in [4.78, 5) is 5.74. The zero-order chi connectivity index (χ0) is 22.3. The first-order valence-corrected chi connectivity index (χ1v) is 11.0. The Morgan fingerprint density at radius 3 is 2.61 bits per heavy atom. The standard InChI is InChI=1S/C22H34F3N5O/c1-17(18-6-4-3-5-7-18)29-21(9-12-31-13-10-21)15-27-20(26-2)28-19-8-11-30(14-19)16-22(23,24)25/h3-7,17,19,29H,8-16H2,1-2H3,(H2,26,27,28). The van der Waals surface area contributed by atoms with Gasteiger partial charge in [0.25, 0.3) is 0 Å². The maximum atomic E-state index is 12.6. The van der Waals surface area contributed by atoms with Crippen LogP contribution in [0.25, 0.3) is 0 Å². The molecule has 2 unspecified atom stereocenters. The Bertz CT molecular complexity index is 707. The van der Waals surface area contributed by atoms with Crippen LogP contribution in [0.5, 0.6) is 0 Å². The van der Waals surface area contributed by atoms with Crippen molar-refractivity contribution in [3.8, 4) is 0 Å². The molecule has 0 radical (unpaired) electrons. The minimum Gasteiger partial charge on any atom is -0.381 e. The van der Waals surface area contributed by atoms with Gasteiger partial charge in [0, 0.05) is 57.5 Å². The summed E-state index contributed by atoms with van der Waals surface area (Å²) >= 11 is 0. The van der Waals surface area contributed by atoms with Crippen LogP contribution in [0.15, 0.2) is 35.3 Å². The number of nitrogens with zero attached hydrogens (tertiary/aromatic N) is 2. The number of halogens is 3. The predicted molar refractivity (Wildman–Crippen MR) is 116 cm³/mol. The summed E-state index contributed by atoms with van der Waals surface area (Å²) in [6, 6.07) is 10.5. The van der Waals surface area contributed by atoms with Gasteiger partial charge in [0.1, 0.15) is 0 Å². The molecule has 9 heteroatoms. The highest BCUT2D eigenvalue weighted by molar-refractivity contribution is 5.80. The molecule has 2 atom stereocenters. The summed E-state index contributed by atoms with van der Waals surface area (Å²) in [7, 11) is 1.69. The van der Waals surface area contributed by atoms with E-state index in [2.05, 4.69) is 40.0 Å². The summed E-state index contributed by atoms with van der Waals surface area (Å²) in [5.41, 5.74) is 1.08. The second-order valence-electron chi connectivity index (χ2n) is 8.58. The first kappa shape index (κ1) is 23.8. The van der Waals surface area contributed by atoms with E-state index in [1.807, 2.05) is 18.2 Å². The summed E-state index contributed by atoms with van der Waals surface area (Å²) in [5, 5.41) is 10.5. The van der Waals surface area contributed by atoms with Crippen LogP contribution in [-0.2, 0) is 4.74 Å². The van der Waals surface area contributed by atoms with Crippen LogP contribution >= 0.6 is 0 Å². The molecule has 2 heterocycles. The number of nitrogens with one attached hydrogen (secondary N) is 3. The van der Waals surface area contributed by atoms with Gasteiger partial charge in [0.15, 0.2) is 5.96 Å². The SMILES string of the molecule is CN=C(NCC1(NC(C)c2ccccc2)CCOCC1)NC1CCN(CC(F)(F)F)C1. The molecule has 3 rings (SSSR count). The first-order valence-electron chi connectivity index (χ1n) is 11.0. The molecule has 2 fully saturated rings. The van der Waals surface area contributed by atoms with Gasteiger partial charge in [0.05, 0.1) is 6.54 Å². The van der Waals surface area contributed by atoms with E-state index in [1.165, 1.54) is 10.5 Å². The molecule has 1 aromatic rings. The van der Waals surface area contributed by atoms with E-state index in [0.717, 1.165) is 12.8 Å². The summed E-state index contributed by atoms with van der Waals surface area (Å²) in [6.45, 7) is 4.14. The maximum Gasteiger partial charge on any atom is 0.401 e. The molecule has 31 heavy (non-hydrogen) atoms. The fraction of sp³-hybridized carbons (Fsp3) is 0.682. The van der Waals surface area contributed by atoms with Gasteiger partial charge in [-0.2, -0.15) is 13.2 Å². The second-order valence-corrected chi connectivity index (χ2v) is 8.58. The van der Waals surface area contributed by atoms with Gasteiger partial charge in [-0.15, -0.1) is 0 Å². The second kappa shape index (κ2) is 10.7. The fourth-order valence-electron chi connectivity index (χ4n) is 4.41. The molecule has 2 saturated heterocycles. The number of aliphatic imine (C=N–C) groups is 1. The van der Waals surface area contributed by atoms with Crippen molar-refractivity contribution in [3.05, 3.63) is 35.9 Å². The molecular weight excluding hydrogens is 407 g/mol. The van der Waals surface area contributed by atoms with Gasteiger partial charge in [-0.25, -0.2) is 0 Å². The molecule has 0 aromatic heterocycles. The molecule has 1 aromatic carbocycles. The van der Waals surface area contributed by atoms with Crippen LogP contribution in [0.2, 0.25) is 0 Å². The highest BCUT2D eigenvalue weighted by atomic mass is 19.4. The van der Waals surface area contributed by atoms with Crippen LogP contribution in [0.1, 0.15) is 37.8 Å². The van der Waals surface area contributed by atoms with Crippen molar-refractivity contribution in [1.29, 1.82) is 0 Å². The Kier molecular flexibility index (Phi) is 8.18. The normalized spacial score (nSPS) is 23.5. The largest absolute Gasteiger partial charge is 0.401 e. The number of guanidine groups is 1. The van der Waals surface area contributed by atoms with E-state index in [1.54, 1.807) is 7.05 Å². The number of likely N-dealkylation sites (tertiary alicyclic amines) is 1. The van der Waals surface area contributed by atoms with Crippen molar-refractivity contribution in [2.75, 3.05) is 46.4 Å². The summed E-state index contributed by atoms with van der Waals surface area (Å²) in [6.07, 6.45) is -1.75. The number of rotatable bonds is 7. The average molecular weight is 442 g/mol. The Labute approximate surface area is 182 Å². The number of ether oxygens (including phenoxy) is 1. The van der Waals surface area contributed by atoms with Crippen LogP contribution in [0.3, 0.4) is 0 Å². The van der Waals surface area contributed by atoms with Crippen molar-refractivity contribution in [3.63, 3.8) is 0 Å². The average Bonchev–Trinajstić information content (AvgIpc) is 3.17. The highest BCUT2D eigenvalue weighted by Crippen LogP contribution is 2.25. The maximum absolute atomic E-state index is 12.6. The summed E-state index contributed by atoms with van der Waals surface area (Å²) in [5.74, 6) is 0.624. The van der Waals surface area contributed by atoms with E-state index in [4.69, 9.17) is 4.74 Å². The van der Waals surface area contributed by atoms with E-state index >= 15 is 0 Å². The van der Waals surface area contributed by atoms with E-state index in [-0.39, 0.29) is 17.6 Å². The van der Waals surface area contributed by atoms with Crippen molar-refractivity contribution in [2.45, 2.75) is 50.0 Å². The molecule has 6 nitrogen and oxygen atoms in total. The molecule has 0 spiro atoms. The zero-order valence-electron chi connectivity index (χ0n) is 18.3. The van der Waals surface area contributed by atoms with Gasteiger partial charge < -0.3 is 20.7 Å². The number of hydrogen-bond donors (Lipinski definition) is 3. The van der Waals surface area contributed by atoms with Gasteiger partial charge in [-0.3, -0.25) is 9.89 Å². The first-order chi connectivity index (χ1) is 14.8. The lowest BCUT2D eigenvalue weighted by Gasteiger charge is -2.41. The predicted octanol–water partition coefficient (Wildman–Crippen LogP) is 2.69. The molecule has 0 amide bonds. The van der Waals surface area contributed by atoms with Crippen LogP contribution in [-0.4, -0.2) is 75.1 Å². The number of alkyl halides is 3. The molecule has 2 aliphatic rings. The molecule has 3 N–H and O–H groups in total.